The first-order valence-corrected chi connectivity index (χ1v) is 7.22. The molecule has 0 amide bonds. The van der Waals surface area contributed by atoms with Crippen molar-refractivity contribution < 1.29 is 4.74 Å². The van der Waals surface area contributed by atoms with Gasteiger partial charge in [-0.25, -0.2) is 9.97 Å². The Labute approximate surface area is 114 Å². The standard InChI is InChI=1S/C14H22N4O/c1-2-19-9-13-16-12(15)6-14(17-13)18-7-10-4-3-5-11(10)8-18/h6,10-11H,2-5,7-9H2,1H3,(H2,15,16,17). The van der Waals surface area contributed by atoms with Gasteiger partial charge in [-0.1, -0.05) is 6.42 Å². The Bertz CT molecular complexity index is 439. The average Bonchev–Trinajstić information content (AvgIpc) is 2.96. The van der Waals surface area contributed by atoms with Crippen LogP contribution in [0.5, 0.6) is 0 Å². The Morgan fingerprint density at radius 2 is 2.05 bits per heavy atom. The van der Waals surface area contributed by atoms with Crippen LogP contribution in [0.25, 0.3) is 0 Å². The summed E-state index contributed by atoms with van der Waals surface area (Å²) in [4.78, 5) is 11.2. The first-order chi connectivity index (χ1) is 9.26. The summed E-state index contributed by atoms with van der Waals surface area (Å²) in [6, 6.07) is 1.89. The zero-order chi connectivity index (χ0) is 13.2. The highest BCUT2D eigenvalue weighted by atomic mass is 16.5. The van der Waals surface area contributed by atoms with E-state index in [2.05, 4.69) is 14.9 Å². The van der Waals surface area contributed by atoms with Gasteiger partial charge in [0.15, 0.2) is 5.82 Å². The van der Waals surface area contributed by atoms with Crippen LogP contribution in [0.3, 0.4) is 0 Å². The minimum atomic E-state index is 0.440. The smallest absolute Gasteiger partial charge is 0.158 e. The first kappa shape index (κ1) is 12.7. The van der Waals surface area contributed by atoms with Crippen molar-refractivity contribution in [2.75, 3.05) is 30.3 Å². The maximum atomic E-state index is 5.88. The molecule has 1 saturated heterocycles. The van der Waals surface area contributed by atoms with E-state index in [1.807, 2.05) is 13.0 Å². The molecule has 2 atom stereocenters. The van der Waals surface area contributed by atoms with Crippen LogP contribution >= 0.6 is 0 Å². The highest BCUT2D eigenvalue weighted by Gasteiger charge is 2.36. The molecular formula is C14H22N4O. The summed E-state index contributed by atoms with van der Waals surface area (Å²) in [5.41, 5.74) is 5.88. The van der Waals surface area contributed by atoms with Crippen molar-refractivity contribution in [2.24, 2.45) is 11.8 Å². The monoisotopic (exact) mass is 262 g/mol. The number of aromatic nitrogens is 2. The van der Waals surface area contributed by atoms with E-state index in [1.54, 1.807) is 0 Å². The third kappa shape index (κ3) is 2.66. The summed E-state index contributed by atoms with van der Waals surface area (Å²) in [5, 5.41) is 0. The van der Waals surface area contributed by atoms with E-state index in [4.69, 9.17) is 10.5 Å². The molecule has 2 N–H and O–H groups in total. The maximum absolute atomic E-state index is 5.88. The van der Waals surface area contributed by atoms with Crippen LogP contribution < -0.4 is 10.6 Å². The van der Waals surface area contributed by atoms with E-state index < -0.39 is 0 Å². The lowest BCUT2D eigenvalue weighted by molar-refractivity contribution is 0.128. The van der Waals surface area contributed by atoms with Crippen molar-refractivity contribution in [1.29, 1.82) is 0 Å². The summed E-state index contributed by atoms with van der Waals surface area (Å²) in [6.45, 7) is 5.32. The van der Waals surface area contributed by atoms with Gasteiger partial charge in [0.1, 0.15) is 18.2 Å². The summed E-state index contributed by atoms with van der Waals surface area (Å²) in [6.07, 6.45) is 4.13. The normalized spacial score (nSPS) is 25.8. The molecule has 2 aliphatic rings. The minimum Gasteiger partial charge on any atom is -0.384 e. The summed E-state index contributed by atoms with van der Waals surface area (Å²) in [5.74, 6) is 3.90. The Balaban J connectivity index is 1.75. The summed E-state index contributed by atoms with van der Waals surface area (Å²) in [7, 11) is 0. The highest BCUT2D eigenvalue weighted by Crippen LogP contribution is 2.39. The van der Waals surface area contributed by atoms with Crippen LogP contribution in [-0.2, 0) is 11.3 Å². The molecule has 2 heterocycles. The Kier molecular flexibility index (Phi) is 3.55. The lowest BCUT2D eigenvalue weighted by atomic mass is 10.0. The van der Waals surface area contributed by atoms with Crippen LogP contribution in [0.4, 0.5) is 11.6 Å². The third-order valence-electron chi connectivity index (χ3n) is 4.26. The third-order valence-corrected chi connectivity index (χ3v) is 4.26. The molecule has 1 aliphatic carbocycles. The van der Waals surface area contributed by atoms with E-state index in [0.717, 1.165) is 30.7 Å². The predicted octanol–water partition coefficient (Wildman–Crippen LogP) is 1.83. The van der Waals surface area contributed by atoms with Crippen molar-refractivity contribution in [1.82, 2.24) is 9.97 Å². The van der Waals surface area contributed by atoms with E-state index >= 15 is 0 Å². The highest BCUT2D eigenvalue weighted by molar-refractivity contribution is 5.48. The minimum absolute atomic E-state index is 0.440. The van der Waals surface area contributed by atoms with Crippen molar-refractivity contribution in [2.45, 2.75) is 32.8 Å². The number of ether oxygens (including phenoxy) is 1. The molecule has 19 heavy (non-hydrogen) atoms. The van der Waals surface area contributed by atoms with Crippen LogP contribution in [0.2, 0.25) is 0 Å². The first-order valence-electron chi connectivity index (χ1n) is 7.22. The topological polar surface area (TPSA) is 64.3 Å². The summed E-state index contributed by atoms with van der Waals surface area (Å²) < 4.78 is 5.37. The van der Waals surface area contributed by atoms with Gasteiger partial charge in [-0.15, -0.1) is 0 Å². The molecule has 104 valence electrons. The van der Waals surface area contributed by atoms with Gasteiger partial charge < -0.3 is 15.4 Å². The van der Waals surface area contributed by atoms with E-state index in [1.165, 1.54) is 19.3 Å². The van der Waals surface area contributed by atoms with Gasteiger partial charge in [0, 0.05) is 25.8 Å². The van der Waals surface area contributed by atoms with Crippen molar-refractivity contribution in [3.05, 3.63) is 11.9 Å². The number of fused-ring (bicyclic) bond motifs is 1. The molecule has 2 fully saturated rings. The van der Waals surface area contributed by atoms with Gasteiger partial charge in [0.2, 0.25) is 0 Å². The predicted molar refractivity (Wildman–Crippen MR) is 74.8 cm³/mol. The van der Waals surface area contributed by atoms with Crippen LogP contribution in [0, 0.1) is 11.8 Å². The number of nitrogen functional groups attached to an aromatic ring is 1. The van der Waals surface area contributed by atoms with Crippen LogP contribution in [0.15, 0.2) is 6.07 Å². The summed E-state index contributed by atoms with van der Waals surface area (Å²) >= 11 is 0. The van der Waals surface area contributed by atoms with Crippen molar-refractivity contribution >= 4 is 11.6 Å². The molecule has 1 saturated carbocycles. The molecule has 2 unspecified atom stereocenters. The fourth-order valence-corrected chi connectivity index (χ4v) is 3.35. The number of anilines is 2. The number of hydrogen-bond acceptors (Lipinski definition) is 5. The SMILES string of the molecule is CCOCc1nc(N)cc(N2CC3CCCC3C2)n1. The Morgan fingerprint density at radius 1 is 1.32 bits per heavy atom. The van der Waals surface area contributed by atoms with Gasteiger partial charge in [-0.05, 0) is 31.6 Å². The molecule has 1 aromatic rings. The second-order valence-electron chi connectivity index (χ2n) is 5.56. The Morgan fingerprint density at radius 3 is 2.74 bits per heavy atom. The molecule has 3 rings (SSSR count). The molecule has 0 bridgehead atoms. The number of nitrogens with two attached hydrogens (primary N) is 1. The lowest BCUT2D eigenvalue weighted by Crippen LogP contribution is -2.23. The quantitative estimate of drug-likeness (QED) is 0.897. The molecule has 0 aromatic carbocycles. The van der Waals surface area contributed by atoms with Gasteiger partial charge in [0.25, 0.3) is 0 Å². The second-order valence-corrected chi connectivity index (χ2v) is 5.56. The molecule has 0 radical (unpaired) electrons. The largest absolute Gasteiger partial charge is 0.384 e. The van der Waals surface area contributed by atoms with Crippen molar-refractivity contribution in [3.8, 4) is 0 Å². The van der Waals surface area contributed by atoms with Gasteiger partial charge in [0.05, 0.1) is 0 Å². The number of hydrogen-bond donors (Lipinski definition) is 1. The second kappa shape index (κ2) is 5.33. The number of rotatable bonds is 4. The van der Waals surface area contributed by atoms with Gasteiger partial charge in [-0.3, -0.25) is 0 Å². The maximum Gasteiger partial charge on any atom is 0.158 e. The fraction of sp³-hybridized carbons (Fsp3) is 0.714. The van der Waals surface area contributed by atoms with Crippen molar-refractivity contribution in [3.63, 3.8) is 0 Å². The molecule has 0 spiro atoms. The Hall–Kier alpha value is -1.36. The molecule has 5 heteroatoms. The number of nitrogens with zero attached hydrogens (tertiary/aromatic N) is 3. The van der Waals surface area contributed by atoms with E-state index in [9.17, 15) is 0 Å². The zero-order valence-corrected chi connectivity index (χ0v) is 11.5. The van der Waals surface area contributed by atoms with Gasteiger partial charge in [-0.2, -0.15) is 0 Å². The average molecular weight is 262 g/mol. The zero-order valence-electron chi connectivity index (χ0n) is 11.5. The van der Waals surface area contributed by atoms with Crippen LogP contribution in [0.1, 0.15) is 32.0 Å². The molecule has 1 aromatic heterocycles. The lowest BCUT2D eigenvalue weighted by Gasteiger charge is -2.19. The van der Waals surface area contributed by atoms with Crippen LogP contribution in [-0.4, -0.2) is 29.7 Å². The molecule has 5 nitrogen and oxygen atoms in total. The van der Waals surface area contributed by atoms with E-state index in [-0.39, 0.29) is 0 Å². The van der Waals surface area contributed by atoms with E-state index in [0.29, 0.717) is 24.9 Å². The molecular weight excluding hydrogens is 240 g/mol. The molecule has 1 aliphatic heterocycles. The fourth-order valence-electron chi connectivity index (χ4n) is 3.35. The van der Waals surface area contributed by atoms with Gasteiger partial charge >= 0.3 is 0 Å².